The smallest absolute Gasteiger partial charge is 0.186 e. The molecule has 298 valence electrons. The zero-order valence-electron chi connectivity index (χ0n) is 35.9. The molecular formula is C48H56N4O4S. The van der Waals surface area contributed by atoms with E-state index in [1.54, 1.807) is 14.2 Å². The minimum absolute atomic E-state index is 0.0325. The largest absolute Gasteiger partial charge is 0.494 e. The highest BCUT2D eigenvalue weighted by atomic mass is 32.1. The van der Waals surface area contributed by atoms with E-state index in [1.165, 1.54) is 11.3 Å². The molecule has 0 unspecified atom stereocenters. The van der Waals surface area contributed by atoms with Crippen molar-refractivity contribution in [3.05, 3.63) is 128 Å². The van der Waals surface area contributed by atoms with Gasteiger partial charge in [0.05, 0.1) is 24.0 Å². The minimum atomic E-state index is -0.429. The number of para-hydroxylation sites is 2. The second-order valence-electron chi connectivity index (χ2n) is 18.4. The van der Waals surface area contributed by atoms with Gasteiger partial charge in [-0.05, 0) is 82.4 Å². The molecule has 0 spiro atoms. The molecule has 2 aliphatic carbocycles. The van der Waals surface area contributed by atoms with Crippen molar-refractivity contribution in [2.24, 2.45) is 42.1 Å². The van der Waals surface area contributed by atoms with E-state index in [2.05, 4.69) is 83.1 Å². The first-order valence-corrected chi connectivity index (χ1v) is 20.0. The molecule has 2 aromatic carbocycles. The normalized spacial score (nSPS) is 15.8. The Hall–Kier alpha value is -5.28. The van der Waals surface area contributed by atoms with Crippen molar-refractivity contribution in [1.82, 2.24) is 0 Å². The maximum absolute atomic E-state index is 14.0. The molecule has 0 aliphatic heterocycles. The molecule has 2 aliphatic rings. The van der Waals surface area contributed by atoms with Crippen molar-refractivity contribution in [2.75, 3.05) is 14.2 Å². The van der Waals surface area contributed by atoms with Crippen molar-refractivity contribution in [3.8, 4) is 11.5 Å². The number of methoxy groups -OCH3 is 2. The Bertz CT molecular complexity index is 2100. The van der Waals surface area contributed by atoms with Gasteiger partial charge in [-0.1, -0.05) is 107 Å². The van der Waals surface area contributed by atoms with Crippen LogP contribution in [0, 0.1) is 21.7 Å². The molecular weight excluding hydrogens is 729 g/mol. The number of carbonyl (C=O) groups is 2. The average Bonchev–Trinajstić information content (AvgIpc) is 3.60. The first-order chi connectivity index (χ1) is 26.5. The number of thiophene rings is 1. The quantitative estimate of drug-likeness (QED) is 0.212. The van der Waals surface area contributed by atoms with Crippen LogP contribution < -0.4 is 9.47 Å². The lowest BCUT2D eigenvalue weighted by atomic mass is 9.71. The van der Waals surface area contributed by atoms with E-state index in [0.717, 1.165) is 20.9 Å². The highest BCUT2D eigenvalue weighted by Gasteiger charge is 2.36. The van der Waals surface area contributed by atoms with E-state index < -0.39 is 21.7 Å². The Morgan fingerprint density at radius 1 is 0.474 bits per heavy atom. The Kier molecular flexibility index (Phi) is 12.3. The van der Waals surface area contributed by atoms with Crippen LogP contribution in [0.1, 0.15) is 92.8 Å². The van der Waals surface area contributed by atoms with Gasteiger partial charge in [0.15, 0.2) is 11.6 Å². The van der Waals surface area contributed by atoms with E-state index in [9.17, 15) is 9.59 Å². The Balaban J connectivity index is 1.85. The lowest BCUT2D eigenvalue weighted by Gasteiger charge is -2.31. The molecule has 0 saturated carbocycles. The molecule has 1 heterocycles. The molecule has 9 heteroatoms. The molecule has 8 nitrogen and oxygen atoms in total. The number of allylic oxidation sites excluding steroid dienone is 10. The van der Waals surface area contributed by atoms with E-state index in [4.69, 9.17) is 29.9 Å². The number of carbonyl (C=O) groups excluding carboxylic acids is 2. The average molecular weight is 785 g/mol. The Morgan fingerprint density at radius 2 is 0.772 bits per heavy atom. The summed E-state index contributed by atoms with van der Waals surface area (Å²) in [6.45, 7) is 24.6. The zero-order chi connectivity index (χ0) is 42.1. The number of hydrogen-bond acceptors (Lipinski definition) is 9. The predicted molar refractivity (Wildman–Crippen MR) is 233 cm³/mol. The van der Waals surface area contributed by atoms with Gasteiger partial charge in [-0.3, -0.25) is 9.59 Å². The third-order valence-corrected chi connectivity index (χ3v) is 10.8. The van der Waals surface area contributed by atoms with Crippen LogP contribution >= 0.6 is 11.3 Å². The summed E-state index contributed by atoms with van der Waals surface area (Å²) in [4.78, 5) is 29.6. The van der Waals surface area contributed by atoms with E-state index in [1.807, 2.05) is 85.0 Å². The summed E-state index contributed by atoms with van der Waals surface area (Å²) in [5.41, 5.74) is 4.96. The number of benzene rings is 2. The van der Waals surface area contributed by atoms with Crippen LogP contribution in [0.2, 0.25) is 0 Å². The molecule has 0 radical (unpaired) electrons. The van der Waals surface area contributed by atoms with Crippen molar-refractivity contribution >= 4 is 45.7 Å². The van der Waals surface area contributed by atoms with E-state index >= 15 is 0 Å². The number of Topliss-reactive ketones (excluding diaryl/α,β-unsaturated/α-hetero) is 2. The van der Waals surface area contributed by atoms with Gasteiger partial charge in [-0.2, -0.15) is 0 Å². The molecule has 0 fully saturated rings. The molecule has 0 saturated heterocycles. The van der Waals surface area contributed by atoms with Gasteiger partial charge in [0, 0.05) is 33.4 Å². The maximum atomic E-state index is 14.0. The van der Waals surface area contributed by atoms with Crippen LogP contribution in [0.15, 0.2) is 139 Å². The Labute approximate surface area is 342 Å². The summed E-state index contributed by atoms with van der Waals surface area (Å²) in [5, 5.41) is 19.3. The van der Waals surface area contributed by atoms with Crippen LogP contribution in [-0.4, -0.2) is 25.8 Å². The van der Waals surface area contributed by atoms with Crippen molar-refractivity contribution in [2.45, 2.75) is 83.1 Å². The summed E-state index contributed by atoms with van der Waals surface area (Å²) in [5.74, 6) is 1.24. The number of rotatable bonds is 8. The number of ketones is 2. The summed E-state index contributed by atoms with van der Waals surface area (Å²) in [6, 6.07) is 19.0. The molecule has 5 rings (SSSR count). The third-order valence-electron chi connectivity index (χ3n) is 9.72. The molecule has 57 heavy (non-hydrogen) atoms. The SMILES string of the molecule is COc1ccccc1N=NC(=C1C=C(C(C)(C)C)C(=O)C(C(C)(C)C)=C1)c1ccc(C(N=Nc2ccccc2OC)=C2C=C(C(C)(C)C)C(=O)C(C(C)(C)C)=C2)s1. The molecule has 0 N–H and O–H groups in total. The van der Waals surface area contributed by atoms with Gasteiger partial charge in [0.1, 0.15) is 34.3 Å². The molecule has 3 aromatic rings. The second-order valence-corrected chi connectivity index (χ2v) is 19.5. The molecule has 0 bridgehead atoms. The summed E-state index contributed by atoms with van der Waals surface area (Å²) >= 11 is 1.49. The van der Waals surface area contributed by atoms with Gasteiger partial charge < -0.3 is 9.47 Å². The minimum Gasteiger partial charge on any atom is -0.494 e. The van der Waals surface area contributed by atoms with Gasteiger partial charge >= 0.3 is 0 Å². The monoisotopic (exact) mass is 784 g/mol. The lowest BCUT2D eigenvalue weighted by Crippen LogP contribution is -2.28. The number of ether oxygens (including phenoxy) is 2. The summed E-state index contributed by atoms with van der Waals surface area (Å²) in [6.07, 6.45) is 7.82. The van der Waals surface area contributed by atoms with E-state index in [0.29, 0.717) is 56.6 Å². The fourth-order valence-corrected chi connectivity index (χ4v) is 7.50. The first kappa shape index (κ1) is 42.9. The maximum Gasteiger partial charge on any atom is 0.186 e. The summed E-state index contributed by atoms with van der Waals surface area (Å²) in [7, 11) is 3.21. The van der Waals surface area contributed by atoms with Crippen LogP contribution in [0.4, 0.5) is 11.4 Å². The second kappa shape index (κ2) is 16.3. The van der Waals surface area contributed by atoms with Crippen LogP contribution in [0.3, 0.4) is 0 Å². The number of nitrogens with zero attached hydrogens (tertiary/aromatic N) is 4. The molecule has 1 aromatic heterocycles. The fourth-order valence-electron chi connectivity index (χ4n) is 6.48. The van der Waals surface area contributed by atoms with Gasteiger partial charge in [-0.15, -0.1) is 31.8 Å². The number of azo groups is 2. The van der Waals surface area contributed by atoms with Crippen molar-refractivity contribution in [3.63, 3.8) is 0 Å². The van der Waals surface area contributed by atoms with Crippen LogP contribution in [0.25, 0.3) is 11.4 Å². The van der Waals surface area contributed by atoms with Crippen LogP contribution in [-0.2, 0) is 9.59 Å². The fraction of sp³-hybridized carbons (Fsp3) is 0.375. The zero-order valence-corrected chi connectivity index (χ0v) is 36.7. The van der Waals surface area contributed by atoms with Gasteiger partial charge in [-0.25, -0.2) is 0 Å². The highest BCUT2D eigenvalue weighted by Crippen LogP contribution is 2.45. The third kappa shape index (κ3) is 9.65. The molecule has 0 amide bonds. The lowest BCUT2D eigenvalue weighted by molar-refractivity contribution is -0.114. The van der Waals surface area contributed by atoms with E-state index in [-0.39, 0.29) is 11.6 Å². The van der Waals surface area contributed by atoms with Gasteiger partial charge in [0.2, 0.25) is 0 Å². The van der Waals surface area contributed by atoms with Crippen molar-refractivity contribution in [1.29, 1.82) is 0 Å². The number of hydrogen-bond donors (Lipinski definition) is 0. The topological polar surface area (TPSA) is 102 Å². The van der Waals surface area contributed by atoms with Crippen molar-refractivity contribution < 1.29 is 19.1 Å². The van der Waals surface area contributed by atoms with Gasteiger partial charge in [0.25, 0.3) is 0 Å². The molecule has 0 atom stereocenters. The Morgan fingerprint density at radius 3 is 1.05 bits per heavy atom. The first-order valence-electron chi connectivity index (χ1n) is 19.2. The highest BCUT2D eigenvalue weighted by molar-refractivity contribution is 7.14. The standard InChI is InChI=1S/C48H56N4O4S/c1-45(2,3)31-25-29(26-32(43(31)53)46(4,5)6)41(51-49-35-19-15-17-21-37(35)55-13)39-23-24-40(57-39)42(52-50-36-20-16-18-22-38(36)56-14)30-27-33(47(7,8)9)44(54)34(28-30)48(10,11)12/h15-28H,1-14H3. The van der Waals surface area contributed by atoms with Crippen LogP contribution in [0.5, 0.6) is 11.5 Å². The summed E-state index contributed by atoms with van der Waals surface area (Å²) < 4.78 is 11.2. The predicted octanol–water partition coefficient (Wildman–Crippen LogP) is 13.8.